The van der Waals surface area contributed by atoms with Gasteiger partial charge in [0.05, 0.1) is 5.56 Å². The van der Waals surface area contributed by atoms with E-state index in [0.717, 1.165) is 5.56 Å². The topological polar surface area (TPSA) is 54.7 Å². The zero-order valence-electron chi connectivity index (χ0n) is 8.67. The quantitative estimate of drug-likeness (QED) is 0.822. The van der Waals surface area contributed by atoms with E-state index in [9.17, 15) is 8.78 Å². The Bertz CT molecular complexity index is 506. The third kappa shape index (κ3) is 1.64. The SMILES string of the molecule is Cc1ccccc1-c1c(N)n[nH]c1C(F)F. The Labute approximate surface area is 91.3 Å². The van der Waals surface area contributed by atoms with Crippen LogP contribution in [0.5, 0.6) is 0 Å². The Morgan fingerprint density at radius 1 is 1.31 bits per heavy atom. The average molecular weight is 223 g/mol. The molecule has 0 atom stereocenters. The number of H-pyrrole nitrogens is 1. The number of nitrogen functional groups attached to an aromatic ring is 1. The monoisotopic (exact) mass is 223 g/mol. The van der Waals surface area contributed by atoms with Gasteiger partial charge in [0.15, 0.2) is 5.82 Å². The number of halogens is 2. The molecule has 3 N–H and O–H groups in total. The number of nitrogens with one attached hydrogen (secondary N) is 1. The summed E-state index contributed by atoms with van der Waals surface area (Å²) < 4.78 is 25.5. The van der Waals surface area contributed by atoms with Crippen molar-refractivity contribution in [2.75, 3.05) is 5.73 Å². The van der Waals surface area contributed by atoms with Gasteiger partial charge >= 0.3 is 0 Å². The summed E-state index contributed by atoms with van der Waals surface area (Å²) in [5, 5.41) is 5.90. The zero-order chi connectivity index (χ0) is 11.7. The molecule has 1 heterocycles. The van der Waals surface area contributed by atoms with Crippen LogP contribution in [-0.2, 0) is 0 Å². The summed E-state index contributed by atoms with van der Waals surface area (Å²) in [5.74, 6) is 0.101. The van der Waals surface area contributed by atoms with Crippen molar-refractivity contribution in [1.29, 1.82) is 0 Å². The summed E-state index contributed by atoms with van der Waals surface area (Å²) >= 11 is 0. The van der Waals surface area contributed by atoms with Crippen molar-refractivity contribution in [3.63, 3.8) is 0 Å². The predicted octanol–water partition coefficient (Wildman–Crippen LogP) is 2.90. The van der Waals surface area contributed by atoms with E-state index in [-0.39, 0.29) is 11.5 Å². The molecule has 0 fully saturated rings. The first-order valence-electron chi connectivity index (χ1n) is 4.79. The fraction of sp³-hybridized carbons (Fsp3) is 0.182. The van der Waals surface area contributed by atoms with Gasteiger partial charge in [-0.15, -0.1) is 0 Å². The second kappa shape index (κ2) is 3.92. The van der Waals surface area contributed by atoms with Gasteiger partial charge in [-0.1, -0.05) is 24.3 Å². The van der Waals surface area contributed by atoms with E-state index in [1.807, 2.05) is 19.1 Å². The molecule has 0 radical (unpaired) electrons. The number of aromatic nitrogens is 2. The van der Waals surface area contributed by atoms with Gasteiger partial charge in [0.1, 0.15) is 5.69 Å². The number of nitrogens with zero attached hydrogens (tertiary/aromatic N) is 1. The van der Waals surface area contributed by atoms with Gasteiger partial charge in [-0.3, -0.25) is 5.10 Å². The zero-order valence-corrected chi connectivity index (χ0v) is 8.67. The highest BCUT2D eigenvalue weighted by molar-refractivity contribution is 5.78. The molecule has 0 aliphatic rings. The van der Waals surface area contributed by atoms with Crippen LogP contribution < -0.4 is 5.73 Å². The van der Waals surface area contributed by atoms with Crippen molar-refractivity contribution in [1.82, 2.24) is 10.2 Å². The molecule has 2 rings (SSSR count). The predicted molar refractivity (Wildman–Crippen MR) is 58.1 cm³/mol. The number of nitrogens with two attached hydrogens (primary N) is 1. The molecule has 0 spiro atoms. The van der Waals surface area contributed by atoms with Crippen molar-refractivity contribution in [3.8, 4) is 11.1 Å². The molecule has 0 unspecified atom stereocenters. The Morgan fingerprint density at radius 2 is 2.00 bits per heavy atom. The van der Waals surface area contributed by atoms with Crippen LogP contribution in [0.2, 0.25) is 0 Å². The molecule has 16 heavy (non-hydrogen) atoms. The Morgan fingerprint density at radius 3 is 2.62 bits per heavy atom. The fourth-order valence-electron chi connectivity index (χ4n) is 1.66. The molecular weight excluding hydrogens is 212 g/mol. The lowest BCUT2D eigenvalue weighted by Crippen LogP contribution is -1.93. The summed E-state index contributed by atoms with van der Waals surface area (Å²) in [6.07, 6.45) is -2.61. The maximum atomic E-state index is 12.7. The number of aromatic amines is 1. The van der Waals surface area contributed by atoms with Gasteiger partial charge in [0, 0.05) is 0 Å². The molecule has 0 bridgehead atoms. The van der Waals surface area contributed by atoms with Crippen LogP contribution >= 0.6 is 0 Å². The number of anilines is 1. The molecule has 2 aromatic rings. The summed E-state index contributed by atoms with van der Waals surface area (Å²) in [5.41, 5.74) is 7.24. The Kier molecular flexibility index (Phi) is 2.60. The molecule has 0 amide bonds. The van der Waals surface area contributed by atoms with Gasteiger partial charge in [0.25, 0.3) is 6.43 Å². The van der Waals surface area contributed by atoms with Crippen molar-refractivity contribution in [2.24, 2.45) is 0 Å². The smallest absolute Gasteiger partial charge is 0.280 e. The van der Waals surface area contributed by atoms with E-state index in [1.54, 1.807) is 12.1 Å². The maximum Gasteiger partial charge on any atom is 0.280 e. The van der Waals surface area contributed by atoms with Crippen LogP contribution in [-0.4, -0.2) is 10.2 Å². The summed E-state index contributed by atoms with van der Waals surface area (Å²) in [6, 6.07) is 7.22. The molecule has 0 saturated carbocycles. The Hall–Kier alpha value is -1.91. The number of rotatable bonds is 2. The highest BCUT2D eigenvalue weighted by Crippen LogP contribution is 2.35. The average Bonchev–Trinajstić information content (AvgIpc) is 2.61. The molecular formula is C11H11F2N3. The molecule has 1 aromatic carbocycles. The molecule has 0 aliphatic carbocycles. The molecule has 1 aromatic heterocycles. The van der Waals surface area contributed by atoms with E-state index < -0.39 is 6.43 Å². The van der Waals surface area contributed by atoms with Gasteiger partial charge in [-0.25, -0.2) is 8.78 Å². The molecule has 3 nitrogen and oxygen atoms in total. The third-order valence-corrected chi connectivity index (χ3v) is 2.45. The molecule has 0 saturated heterocycles. The summed E-state index contributed by atoms with van der Waals surface area (Å²) in [6.45, 7) is 1.84. The number of alkyl halides is 2. The van der Waals surface area contributed by atoms with Crippen LogP contribution in [0, 0.1) is 6.92 Å². The van der Waals surface area contributed by atoms with Gasteiger partial charge in [-0.05, 0) is 18.1 Å². The van der Waals surface area contributed by atoms with E-state index in [1.165, 1.54) is 0 Å². The minimum atomic E-state index is -2.61. The lowest BCUT2D eigenvalue weighted by molar-refractivity contribution is 0.146. The number of hydrogen-bond acceptors (Lipinski definition) is 2. The minimum Gasteiger partial charge on any atom is -0.382 e. The lowest BCUT2D eigenvalue weighted by Gasteiger charge is -2.06. The van der Waals surface area contributed by atoms with E-state index >= 15 is 0 Å². The first-order chi connectivity index (χ1) is 7.61. The van der Waals surface area contributed by atoms with E-state index in [2.05, 4.69) is 10.2 Å². The van der Waals surface area contributed by atoms with E-state index in [4.69, 9.17) is 5.73 Å². The minimum absolute atomic E-state index is 0.101. The standard InChI is InChI=1S/C11H11F2N3/c1-6-4-2-3-5-7(6)8-9(10(12)13)15-16-11(8)14/h2-5,10H,1H3,(H3,14,15,16). The maximum absolute atomic E-state index is 12.7. The summed E-state index contributed by atoms with van der Waals surface area (Å²) in [4.78, 5) is 0. The van der Waals surface area contributed by atoms with Gasteiger partial charge in [0.2, 0.25) is 0 Å². The van der Waals surface area contributed by atoms with E-state index in [0.29, 0.717) is 11.1 Å². The van der Waals surface area contributed by atoms with Gasteiger partial charge < -0.3 is 5.73 Å². The largest absolute Gasteiger partial charge is 0.382 e. The van der Waals surface area contributed by atoms with Gasteiger partial charge in [-0.2, -0.15) is 5.10 Å². The van der Waals surface area contributed by atoms with Crippen LogP contribution in [0.1, 0.15) is 17.7 Å². The van der Waals surface area contributed by atoms with Crippen molar-refractivity contribution < 1.29 is 8.78 Å². The summed E-state index contributed by atoms with van der Waals surface area (Å²) in [7, 11) is 0. The molecule has 0 aliphatic heterocycles. The van der Waals surface area contributed by atoms with Crippen molar-refractivity contribution in [3.05, 3.63) is 35.5 Å². The number of aryl methyl sites for hydroxylation is 1. The first-order valence-corrected chi connectivity index (χ1v) is 4.79. The van der Waals surface area contributed by atoms with Crippen LogP contribution in [0.4, 0.5) is 14.6 Å². The van der Waals surface area contributed by atoms with Crippen molar-refractivity contribution in [2.45, 2.75) is 13.3 Å². The molecule has 5 heteroatoms. The fourth-order valence-corrected chi connectivity index (χ4v) is 1.66. The van der Waals surface area contributed by atoms with Crippen molar-refractivity contribution >= 4 is 5.82 Å². The highest BCUT2D eigenvalue weighted by atomic mass is 19.3. The van der Waals surface area contributed by atoms with Crippen LogP contribution in [0.25, 0.3) is 11.1 Å². The normalized spacial score (nSPS) is 11.0. The molecule has 84 valence electrons. The highest BCUT2D eigenvalue weighted by Gasteiger charge is 2.21. The number of hydrogen-bond donors (Lipinski definition) is 2. The second-order valence-corrected chi connectivity index (χ2v) is 3.51. The van der Waals surface area contributed by atoms with Crippen LogP contribution in [0.3, 0.4) is 0 Å². The lowest BCUT2D eigenvalue weighted by atomic mass is 10.0. The Balaban J connectivity index is 2.64. The first kappa shape index (κ1) is 10.6. The number of benzene rings is 1. The van der Waals surface area contributed by atoms with Crippen LogP contribution in [0.15, 0.2) is 24.3 Å². The second-order valence-electron chi connectivity index (χ2n) is 3.51. The third-order valence-electron chi connectivity index (χ3n) is 2.45.